The molecule has 60 valence electrons. The number of thiophene rings is 1. The van der Waals surface area contributed by atoms with Gasteiger partial charge in [0.1, 0.15) is 0 Å². The van der Waals surface area contributed by atoms with Crippen molar-refractivity contribution in [1.29, 1.82) is 0 Å². The summed E-state index contributed by atoms with van der Waals surface area (Å²) in [5.74, 6) is 0.347. The molecule has 0 aliphatic rings. The molecule has 0 spiro atoms. The number of halogens is 1. The van der Waals surface area contributed by atoms with Gasteiger partial charge in [0.25, 0.3) is 0 Å². The Bertz CT molecular complexity index is 222. The summed E-state index contributed by atoms with van der Waals surface area (Å²) in [6.45, 7) is 0. The number of amides is 1. The molecule has 2 nitrogen and oxygen atoms in total. The third-order valence-electron chi connectivity index (χ3n) is 1.11. The summed E-state index contributed by atoms with van der Waals surface area (Å²) in [4.78, 5) is 10.9. The van der Waals surface area contributed by atoms with Gasteiger partial charge in [-0.1, -0.05) is 0 Å². The molecule has 0 unspecified atom stereocenters. The van der Waals surface area contributed by atoms with Crippen molar-refractivity contribution >= 4 is 33.8 Å². The molecule has 11 heavy (non-hydrogen) atoms. The lowest BCUT2D eigenvalue weighted by molar-refractivity contribution is -0.115. The smallest absolute Gasteiger partial charge is 0.226 e. The van der Waals surface area contributed by atoms with Crippen molar-refractivity contribution in [1.82, 2.24) is 0 Å². The Morgan fingerprint density at radius 1 is 1.73 bits per heavy atom. The van der Waals surface area contributed by atoms with Crippen LogP contribution >= 0.6 is 22.9 Å². The maximum Gasteiger partial charge on any atom is 0.226 e. The Balaban J connectivity index is 2.37. The standard InChI is InChI=1S/C7H8ClNOS/c8-4-3-6(10)9-7-2-1-5-11-7/h1-2,5H,3-4H2,(H,9,10). The van der Waals surface area contributed by atoms with Gasteiger partial charge < -0.3 is 5.32 Å². The highest BCUT2D eigenvalue weighted by Gasteiger charge is 2.00. The number of carbonyl (C=O) groups is 1. The Labute approximate surface area is 74.2 Å². The second-order valence-corrected chi connectivity index (χ2v) is 3.29. The van der Waals surface area contributed by atoms with Crippen LogP contribution in [-0.4, -0.2) is 11.8 Å². The minimum absolute atomic E-state index is 0.0255. The highest BCUT2D eigenvalue weighted by molar-refractivity contribution is 7.14. The van der Waals surface area contributed by atoms with Gasteiger partial charge in [-0.05, 0) is 17.5 Å². The van der Waals surface area contributed by atoms with Crippen LogP contribution < -0.4 is 5.32 Å². The van der Waals surface area contributed by atoms with Crippen LogP contribution in [0.4, 0.5) is 5.00 Å². The maximum absolute atomic E-state index is 10.9. The highest BCUT2D eigenvalue weighted by Crippen LogP contribution is 2.14. The summed E-state index contributed by atoms with van der Waals surface area (Å²) in [6, 6.07) is 3.75. The number of alkyl halides is 1. The molecular formula is C7H8ClNOS. The van der Waals surface area contributed by atoms with E-state index >= 15 is 0 Å². The molecule has 1 amide bonds. The zero-order chi connectivity index (χ0) is 8.10. The van der Waals surface area contributed by atoms with Crippen molar-refractivity contribution in [3.8, 4) is 0 Å². The molecule has 0 bridgehead atoms. The van der Waals surface area contributed by atoms with E-state index in [-0.39, 0.29) is 5.91 Å². The van der Waals surface area contributed by atoms with E-state index in [1.807, 2.05) is 17.5 Å². The van der Waals surface area contributed by atoms with E-state index < -0.39 is 0 Å². The monoisotopic (exact) mass is 189 g/mol. The first kappa shape index (κ1) is 8.56. The first-order chi connectivity index (χ1) is 5.33. The van der Waals surface area contributed by atoms with Crippen LogP contribution in [0.5, 0.6) is 0 Å². The Kier molecular flexibility index (Phi) is 3.39. The molecule has 1 aromatic heterocycles. The molecule has 1 rings (SSSR count). The van der Waals surface area contributed by atoms with E-state index in [1.165, 1.54) is 11.3 Å². The molecule has 0 saturated carbocycles. The maximum atomic E-state index is 10.9. The third-order valence-corrected chi connectivity index (χ3v) is 2.08. The molecule has 1 aromatic rings. The minimum atomic E-state index is -0.0255. The SMILES string of the molecule is O=C(CCCl)Nc1cccs1. The van der Waals surface area contributed by atoms with Crippen LogP contribution in [0.2, 0.25) is 0 Å². The predicted molar refractivity (Wildman–Crippen MR) is 48.3 cm³/mol. The molecule has 1 heterocycles. The largest absolute Gasteiger partial charge is 0.318 e. The lowest BCUT2D eigenvalue weighted by atomic mass is 10.4. The van der Waals surface area contributed by atoms with Gasteiger partial charge in [-0.15, -0.1) is 22.9 Å². The zero-order valence-corrected chi connectivity index (χ0v) is 7.41. The van der Waals surface area contributed by atoms with Gasteiger partial charge in [0.05, 0.1) is 5.00 Å². The zero-order valence-electron chi connectivity index (χ0n) is 5.84. The highest BCUT2D eigenvalue weighted by atomic mass is 35.5. The summed E-state index contributed by atoms with van der Waals surface area (Å²) in [7, 11) is 0. The molecule has 0 saturated heterocycles. The Hall–Kier alpha value is -0.540. The van der Waals surface area contributed by atoms with E-state index in [1.54, 1.807) is 0 Å². The number of hydrogen-bond acceptors (Lipinski definition) is 2. The number of rotatable bonds is 3. The molecular weight excluding hydrogens is 182 g/mol. The quantitative estimate of drug-likeness (QED) is 0.727. The van der Waals surface area contributed by atoms with Crippen molar-refractivity contribution < 1.29 is 4.79 Å². The fourth-order valence-electron chi connectivity index (χ4n) is 0.635. The average Bonchev–Trinajstić information content (AvgIpc) is 2.40. The van der Waals surface area contributed by atoms with Gasteiger partial charge in [-0.3, -0.25) is 4.79 Å². The van der Waals surface area contributed by atoms with Crippen LogP contribution in [0.1, 0.15) is 6.42 Å². The summed E-state index contributed by atoms with van der Waals surface area (Å²) < 4.78 is 0. The molecule has 0 fully saturated rings. The molecule has 0 aliphatic carbocycles. The third kappa shape index (κ3) is 2.91. The number of carbonyl (C=O) groups excluding carboxylic acids is 1. The topological polar surface area (TPSA) is 29.1 Å². The first-order valence-electron chi connectivity index (χ1n) is 3.22. The normalized spacial score (nSPS) is 9.55. The van der Waals surface area contributed by atoms with Crippen LogP contribution in [0.3, 0.4) is 0 Å². The van der Waals surface area contributed by atoms with Crippen molar-refractivity contribution in [2.24, 2.45) is 0 Å². The van der Waals surface area contributed by atoms with Crippen LogP contribution in [0.15, 0.2) is 17.5 Å². The molecule has 0 aliphatic heterocycles. The second-order valence-electron chi connectivity index (χ2n) is 1.96. The molecule has 4 heteroatoms. The lowest BCUT2D eigenvalue weighted by Gasteiger charge is -1.97. The van der Waals surface area contributed by atoms with E-state index in [0.717, 1.165) is 5.00 Å². The van der Waals surface area contributed by atoms with Crippen LogP contribution in [0, 0.1) is 0 Å². The fraction of sp³-hybridized carbons (Fsp3) is 0.286. The Morgan fingerprint density at radius 2 is 2.55 bits per heavy atom. The lowest BCUT2D eigenvalue weighted by Crippen LogP contribution is -2.10. The molecule has 0 aromatic carbocycles. The molecule has 0 radical (unpaired) electrons. The fourth-order valence-corrected chi connectivity index (χ4v) is 1.44. The number of hydrogen-bond donors (Lipinski definition) is 1. The predicted octanol–water partition coefficient (Wildman–Crippen LogP) is 2.32. The van der Waals surface area contributed by atoms with Gasteiger partial charge in [0, 0.05) is 12.3 Å². The number of anilines is 1. The minimum Gasteiger partial charge on any atom is -0.318 e. The average molecular weight is 190 g/mol. The van der Waals surface area contributed by atoms with E-state index in [9.17, 15) is 4.79 Å². The summed E-state index contributed by atoms with van der Waals surface area (Å²) in [5.41, 5.74) is 0. The van der Waals surface area contributed by atoms with Gasteiger partial charge in [-0.2, -0.15) is 0 Å². The van der Waals surface area contributed by atoms with E-state index in [2.05, 4.69) is 5.32 Å². The van der Waals surface area contributed by atoms with E-state index in [0.29, 0.717) is 12.3 Å². The Morgan fingerprint density at radius 3 is 3.09 bits per heavy atom. The van der Waals surface area contributed by atoms with E-state index in [4.69, 9.17) is 11.6 Å². The number of nitrogens with one attached hydrogen (secondary N) is 1. The second kappa shape index (κ2) is 4.36. The van der Waals surface area contributed by atoms with Gasteiger partial charge in [0.15, 0.2) is 0 Å². The summed E-state index contributed by atoms with van der Waals surface area (Å²) in [5, 5.41) is 5.51. The van der Waals surface area contributed by atoms with Gasteiger partial charge >= 0.3 is 0 Å². The molecule has 1 N–H and O–H groups in total. The van der Waals surface area contributed by atoms with Crippen molar-refractivity contribution in [3.05, 3.63) is 17.5 Å². The first-order valence-corrected chi connectivity index (χ1v) is 4.63. The van der Waals surface area contributed by atoms with Gasteiger partial charge in [-0.25, -0.2) is 0 Å². The van der Waals surface area contributed by atoms with Crippen LogP contribution in [-0.2, 0) is 4.79 Å². The summed E-state index contributed by atoms with van der Waals surface area (Å²) in [6.07, 6.45) is 0.374. The van der Waals surface area contributed by atoms with Crippen LogP contribution in [0.25, 0.3) is 0 Å². The van der Waals surface area contributed by atoms with Gasteiger partial charge in [0.2, 0.25) is 5.91 Å². The van der Waals surface area contributed by atoms with Crippen molar-refractivity contribution in [2.45, 2.75) is 6.42 Å². The van der Waals surface area contributed by atoms with Crippen molar-refractivity contribution in [3.63, 3.8) is 0 Å². The van der Waals surface area contributed by atoms with Crippen molar-refractivity contribution in [2.75, 3.05) is 11.2 Å². The summed E-state index contributed by atoms with van der Waals surface area (Å²) >= 11 is 6.88. The molecule has 0 atom stereocenters.